The third-order valence-electron chi connectivity index (χ3n) is 2.79. The van der Waals surface area contributed by atoms with Gasteiger partial charge in [0.15, 0.2) is 0 Å². The van der Waals surface area contributed by atoms with Gasteiger partial charge in [0.1, 0.15) is 0 Å². The molecule has 0 fully saturated rings. The summed E-state index contributed by atoms with van der Waals surface area (Å²) in [6.45, 7) is 0. The lowest BCUT2D eigenvalue weighted by molar-refractivity contribution is 0.426. The molecule has 0 aliphatic rings. The summed E-state index contributed by atoms with van der Waals surface area (Å²) >= 11 is 1.33. The second-order valence-corrected chi connectivity index (χ2v) is 5.19. The summed E-state index contributed by atoms with van der Waals surface area (Å²) in [6.07, 6.45) is 0.578. The van der Waals surface area contributed by atoms with E-state index < -0.39 is 7.12 Å². The van der Waals surface area contributed by atoms with E-state index in [1.54, 1.807) is 11.4 Å². The topological polar surface area (TPSA) is 79.4 Å². The zero-order chi connectivity index (χ0) is 13.9. The molecule has 3 rings (SSSR count). The van der Waals surface area contributed by atoms with Crippen LogP contribution in [0.2, 0.25) is 0 Å². The molecule has 0 bridgehead atoms. The van der Waals surface area contributed by atoms with Crippen LogP contribution < -0.4 is 5.46 Å². The van der Waals surface area contributed by atoms with Crippen LogP contribution in [0.15, 0.2) is 46.2 Å². The van der Waals surface area contributed by atoms with E-state index in [1.165, 1.54) is 11.3 Å². The standard InChI is InChI=1S/C13H11BN2O3S/c17-14(18)10-7-11(20-8-10)13-16-15-12(19-13)6-9-4-2-1-3-5-9/h1-5,7-8,17-18H,6H2. The van der Waals surface area contributed by atoms with Gasteiger partial charge in [-0.05, 0) is 22.5 Å². The van der Waals surface area contributed by atoms with Crippen molar-refractivity contribution in [1.82, 2.24) is 10.2 Å². The van der Waals surface area contributed by atoms with E-state index >= 15 is 0 Å². The Labute approximate surface area is 119 Å². The van der Waals surface area contributed by atoms with Gasteiger partial charge in [0.05, 0.1) is 11.3 Å². The molecule has 0 atom stereocenters. The number of hydrogen-bond donors (Lipinski definition) is 2. The molecule has 0 unspecified atom stereocenters. The van der Waals surface area contributed by atoms with Crippen LogP contribution in [0, 0.1) is 0 Å². The molecule has 5 nitrogen and oxygen atoms in total. The molecule has 7 heteroatoms. The van der Waals surface area contributed by atoms with E-state index in [0.29, 0.717) is 23.7 Å². The maximum Gasteiger partial charge on any atom is 0.489 e. The van der Waals surface area contributed by atoms with E-state index in [0.717, 1.165) is 10.4 Å². The molecule has 3 aromatic rings. The first-order valence-corrected chi connectivity index (χ1v) is 6.91. The molecule has 2 aromatic heterocycles. The first-order chi connectivity index (χ1) is 9.72. The Morgan fingerprint density at radius 3 is 2.65 bits per heavy atom. The Morgan fingerprint density at radius 1 is 1.15 bits per heavy atom. The Balaban J connectivity index is 1.79. The number of rotatable bonds is 4. The number of benzene rings is 1. The molecule has 0 spiro atoms. The minimum atomic E-state index is -1.48. The molecule has 2 N–H and O–H groups in total. The van der Waals surface area contributed by atoms with Crippen molar-refractivity contribution in [3.8, 4) is 10.8 Å². The van der Waals surface area contributed by atoms with Crippen LogP contribution in [0.4, 0.5) is 0 Å². The largest absolute Gasteiger partial charge is 0.489 e. The highest BCUT2D eigenvalue weighted by atomic mass is 32.1. The quantitative estimate of drug-likeness (QED) is 0.701. The first-order valence-electron chi connectivity index (χ1n) is 6.03. The molecule has 0 aliphatic carbocycles. The summed E-state index contributed by atoms with van der Waals surface area (Å²) < 4.78 is 5.59. The van der Waals surface area contributed by atoms with Crippen molar-refractivity contribution in [3.63, 3.8) is 0 Å². The summed E-state index contributed by atoms with van der Waals surface area (Å²) in [4.78, 5) is 0.722. The SMILES string of the molecule is OB(O)c1csc(-c2nnc(Cc3ccccc3)o2)c1. The normalized spacial score (nSPS) is 10.7. The van der Waals surface area contributed by atoms with Gasteiger partial charge in [0.2, 0.25) is 5.89 Å². The average Bonchev–Trinajstić information content (AvgIpc) is 3.08. The van der Waals surface area contributed by atoms with Crippen molar-refractivity contribution in [2.75, 3.05) is 0 Å². The lowest BCUT2D eigenvalue weighted by Crippen LogP contribution is -2.27. The highest BCUT2D eigenvalue weighted by Gasteiger charge is 2.17. The van der Waals surface area contributed by atoms with E-state index in [1.807, 2.05) is 30.3 Å². The number of aromatic nitrogens is 2. The maximum absolute atomic E-state index is 9.08. The second-order valence-electron chi connectivity index (χ2n) is 4.28. The Hall–Kier alpha value is -1.96. The lowest BCUT2D eigenvalue weighted by atomic mass is 9.83. The van der Waals surface area contributed by atoms with Crippen LogP contribution in [0.3, 0.4) is 0 Å². The molecular weight excluding hydrogens is 275 g/mol. The summed E-state index contributed by atoms with van der Waals surface area (Å²) in [5.74, 6) is 0.929. The molecular formula is C13H11BN2O3S. The van der Waals surface area contributed by atoms with Gasteiger partial charge in [0, 0.05) is 0 Å². The summed E-state index contributed by atoms with van der Waals surface area (Å²) in [6, 6.07) is 11.5. The number of nitrogens with zero attached hydrogens (tertiary/aromatic N) is 2. The monoisotopic (exact) mass is 286 g/mol. The fourth-order valence-electron chi connectivity index (χ4n) is 1.79. The molecule has 0 aliphatic heterocycles. The van der Waals surface area contributed by atoms with Crippen molar-refractivity contribution < 1.29 is 14.5 Å². The average molecular weight is 286 g/mol. The minimum absolute atomic E-state index is 0.396. The molecule has 2 heterocycles. The molecule has 0 saturated heterocycles. The van der Waals surface area contributed by atoms with Gasteiger partial charge in [-0.15, -0.1) is 21.5 Å². The zero-order valence-corrected chi connectivity index (χ0v) is 11.2. The molecule has 0 radical (unpaired) electrons. The van der Waals surface area contributed by atoms with Crippen LogP contribution in [-0.2, 0) is 6.42 Å². The highest BCUT2D eigenvalue weighted by molar-refractivity contribution is 7.14. The number of thiophene rings is 1. The van der Waals surface area contributed by atoms with Crippen LogP contribution in [0.25, 0.3) is 10.8 Å². The van der Waals surface area contributed by atoms with Gasteiger partial charge in [-0.3, -0.25) is 0 Å². The van der Waals surface area contributed by atoms with Gasteiger partial charge in [-0.25, -0.2) is 0 Å². The van der Waals surface area contributed by atoms with Gasteiger partial charge in [-0.1, -0.05) is 30.3 Å². The van der Waals surface area contributed by atoms with Crippen molar-refractivity contribution >= 4 is 23.9 Å². The smallest absolute Gasteiger partial charge is 0.423 e. The van der Waals surface area contributed by atoms with E-state index in [-0.39, 0.29) is 0 Å². The Morgan fingerprint density at radius 2 is 1.95 bits per heavy atom. The number of hydrogen-bond acceptors (Lipinski definition) is 6. The molecule has 0 amide bonds. The predicted octanol–water partition coefficient (Wildman–Crippen LogP) is 1.07. The third kappa shape index (κ3) is 2.80. The van der Waals surface area contributed by atoms with Gasteiger partial charge in [0.25, 0.3) is 5.89 Å². The zero-order valence-electron chi connectivity index (χ0n) is 10.4. The van der Waals surface area contributed by atoms with Gasteiger partial charge < -0.3 is 14.5 Å². The Bertz CT molecular complexity index is 696. The van der Waals surface area contributed by atoms with Crippen molar-refractivity contribution in [2.45, 2.75) is 6.42 Å². The van der Waals surface area contributed by atoms with E-state index in [9.17, 15) is 0 Å². The van der Waals surface area contributed by atoms with Crippen LogP contribution in [-0.4, -0.2) is 27.4 Å². The second kappa shape index (κ2) is 5.58. The highest BCUT2D eigenvalue weighted by Crippen LogP contribution is 2.23. The fourth-order valence-corrected chi connectivity index (χ4v) is 2.63. The summed E-state index contributed by atoms with van der Waals surface area (Å²) in [7, 11) is -1.48. The minimum Gasteiger partial charge on any atom is -0.423 e. The van der Waals surface area contributed by atoms with Gasteiger partial charge in [-0.2, -0.15) is 0 Å². The molecule has 20 heavy (non-hydrogen) atoms. The fraction of sp³-hybridized carbons (Fsp3) is 0.0769. The molecule has 0 saturated carbocycles. The van der Waals surface area contributed by atoms with Crippen molar-refractivity contribution in [2.24, 2.45) is 0 Å². The first kappa shape index (κ1) is 13.0. The van der Waals surface area contributed by atoms with E-state index in [4.69, 9.17) is 14.5 Å². The van der Waals surface area contributed by atoms with Crippen molar-refractivity contribution in [1.29, 1.82) is 0 Å². The predicted molar refractivity (Wildman–Crippen MR) is 76.7 cm³/mol. The molecule has 1 aromatic carbocycles. The summed E-state index contributed by atoms with van der Waals surface area (Å²) in [5, 5.41) is 27.8. The third-order valence-corrected chi connectivity index (χ3v) is 3.73. The maximum atomic E-state index is 9.08. The van der Waals surface area contributed by atoms with Crippen LogP contribution >= 0.6 is 11.3 Å². The van der Waals surface area contributed by atoms with Crippen LogP contribution in [0.1, 0.15) is 11.5 Å². The van der Waals surface area contributed by atoms with E-state index in [2.05, 4.69) is 10.2 Å². The van der Waals surface area contributed by atoms with Crippen molar-refractivity contribution in [3.05, 3.63) is 53.2 Å². The lowest BCUT2D eigenvalue weighted by Gasteiger charge is -1.94. The molecule has 100 valence electrons. The Kier molecular flexibility index (Phi) is 3.64. The van der Waals surface area contributed by atoms with Gasteiger partial charge >= 0.3 is 7.12 Å². The van der Waals surface area contributed by atoms with Crippen LogP contribution in [0.5, 0.6) is 0 Å². The summed E-state index contributed by atoms with van der Waals surface area (Å²) in [5.41, 5.74) is 1.52.